The van der Waals surface area contributed by atoms with Crippen molar-refractivity contribution in [2.75, 3.05) is 27.9 Å². The third-order valence-corrected chi connectivity index (χ3v) is 7.26. The summed E-state index contributed by atoms with van der Waals surface area (Å²) in [7, 11) is 3.94. The summed E-state index contributed by atoms with van der Waals surface area (Å²) in [5.41, 5.74) is -0.123. The van der Waals surface area contributed by atoms with Crippen LogP contribution in [-0.2, 0) is 31.0 Å². The first-order valence-electron chi connectivity index (χ1n) is 12.3. The molecule has 202 valence electrons. The summed E-state index contributed by atoms with van der Waals surface area (Å²) in [5.74, 6) is 0.0267. The lowest BCUT2D eigenvalue weighted by atomic mass is 9.83. The van der Waals surface area contributed by atoms with Crippen LogP contribution in [0.25, 0.3) is 5.76 Å². The normalized spacial score (nSPS) is 23.2. The van der Waals surface area contributed by atoms with Gasteiger partial charge < -0.3 is 23.7 Å². The van der Waals surface area contributed by atoms with Crippen molar-refractivity contribution >= 4 is 17.4 Å². The number of benzene rings is 2. The molecule has 2 bridgehead atoms. The quantitative estimate of drug-likeness (QED) is 0.489. The number of fused-ring (bicyclic) bond motifs is 4. The molecule has 0 spiro atoms. The molecule has 3 aliphatic heterocycles. The number of carbonyl (C=O) groups is 1. The number of esters is 1. The number of hydrogen-bond acceptors (Lipinski definition) is 7. The van der Waals surface area contributed by atoms with Crippen molar-refractivity contribution in [2.24, 2.45) is 4.99 Å². The molecule has 0 aliphatic carbocycles. The maximum Gasteiger partial charge on any atom is 0.432 e. The Morgan fingerprint density at radius 3 is 2.47 bits per heavy atom. The fourth-order valence-corrected chi connectivity index (χ4v) is 5.45. The second kappa shape index (κ2) is 9.98. The summed E-state index contributed by atoms with van der Waals surface area (Å²) in [5, 5.41) is 0. The molecule has 0 fully saturated rings. The fraction of sp³-hybridized carbons (Fsp3) is 0.429. The van der Waals surface area contributed by atoms with E-state index in [1.54, 1.807) is 19.3 Å². The second-order valence-electron chi connectivity index (χ2n) is 9.30. The van der Waals surface area contributed by atoms with E-state index in [2.05, 4.69) is 0 Å². The predicted molar refractivity (Wildman–Crippen MR) is 132 cm³/mol. The number of carbonyl (C=O) groups excluding carboxylic acids is 1. The van der Waals surface area contributed by atoms with Crippen molar-refractivity contribution in [2.45, 2.75) is 49.7 Å². The molecule has 10 heteroatoms. The SMILES string of the molecule is COc1cc2c3c(c1OC)/C1=C/C[C@H](OC(=O)[C@](OC)(c4ccccc4)C(F)(F)F)CC[C@@H](O1)C3=NCC2. The van der Waals surface area contributed by atoms with Crippen molar-refractivity contribution < 1.29 is 41.7 Å². The van der Waals surface area contributed by atoms with Gasteiger partial charge in [-0.25, -0.2) is 4.79 Å². The van der Waals surface area contributed by atoms with Gasteiger partial charge in [0.25, 0.3) is 5.60 Å². The van der Waals surface area contributed by atoms with Crippen molar-refractivity contribution in [3.8, 4) is 11.5 Å². The van der Waals surface area contributed by atoms with Gasteiger partial charge in [-0.15, -0.1) is 0 Å². The molecular formula is C28H28F3NO6. The Bertz CT molecular complexity index is 1290. The highest BCUT2D eigenvalue weighted by Crippen LogP contribution is 2.47. The second-order valence-corrected chi connectivity index (χ2v) is 9.30. The number of nitrogens with zero attached hydrogens (tertiary/aromatic N) is 1. The highest BCUT2D eigenvalue weighted by Gasteiger charge is 2.64. The lowest BCUT2D eigenvalue weighted by Crippen LogP contribution is -2.52. The Hall–Kier alpha value is -3.53. The van der Waals surface area contributed by atoms with Crippen LogP contribution >= 0.6 is 0 Å². The van der Waals surface area contributed by atoms with Gasteiger partial charge in [0.1, 0.15) is 18.0 Å². The number of halogens is 3. The van der Waals surface area contributed by atoms with E-state index in [4.69, 9.17) is 28.7 Å². The van der Waals surface area contributed by atoms with Gasteiger partial charge in [-0.05, 0) is 37.0 Å². The van der Waals surface area contributed by atoms with Gasteiger partial charge in [0.05, 0.1) is 25.5 Å². The lowest BCUT2D eigenvalue weighted by Gasteiger charge is -2.37. The lowest BCUT2D eigenvalue weighted by molar-refractivity contribution is -0.278. The van der Waals surface area contributed by atoms with Crippen molar-refractivity contribution in [3.63, 3.8) is 0 Å². The average Bonchev–Trinajstić information content (AvgIpc) is 2.90. The highest BCUT2D eigenvalue weighted by atomic mass is 19.4. The molecule has 0 saturated carbocycles. The summed E-state index contributed by atoms with van der Waals surface area (Å²) in [6.45, 7) is 0.577. The molecular weight excluding hydrogens is 503 g/mol. The van der Waals surface area contributed by atoms with E-state index in [9.17, 15) is 18.0 Å². The number of rotatable bonds is 6. The van der Waals surface area contributed by atoms with Crippen LogP contribution in [0, 0.1) is 0 Å². The van der Waals surface area contributed by atoms with Crippen LogP contribution in [-0.4, -0.2) is 57.9 Å². The zero-order valence-corrected chi connectivity index (χ0v) is 21.3. The van der Waals surface area contributed by atoms with Crippen LogP contribution in [0.15, 0.2) is 47.5 Å². The Morgan fingerprint density at radius 2 is 1.82 bits per heavy atom. The molecule has 2 aromatic carbocycles. The molecule has 3 atom stereocenters. The highest BCUT2D eigenvalue weighted by molar-refractivity contribution is 6.12. The molecule has 0 amide bonds. The van der Waals surface area contributed by atoms with Gasteiger partial charge in [0.2, 0.25) is 0 Å². The molecule has 38 heavy (non-hydrogen) atoms. The molecule has 3 aliphatic rings. The third kappa shape index (κ3) is 4.11. The summed E-state index contributed by atoms with van der Waals surface area (Å²) < 4.78 is 71.1. The van der Waals surface area contributed by atoms with E-state index in [0.29, 0.717) is 35.8 Å². The van der Waals surface area contributed by atoms with Crippen LogP contribution in [0.1, 0.15) is 41.5 Å². The number of methoxy groups -OCH3 is 3. The largest absolute Gasteiger partial charge is 0.493 e. The zero-order valence-electron chi connectivity index (χ0n) is 21.3. The van der Waals surface area contributed by atoms with Crippen LogP contribution in [0.4, 0.5) is 13.2 Å². The van der Waals surface area contributed by atoms with Gasteiger partial charge in [-0.2, -0.15) is 13.2 Å². The smallest absolute Gasteiger partial charge is 0.432 e. The maximum atomic E-state index is 14.4. The Morgan fingerprint density at radius 1 is 1.05 bits per heavy atom. The average molecular weight is 532 g/mol. The molecule has 0 aromatic heterocycles. The standard InChI is InChI=1S/C28H28F3NO6/c1-34-21-15-16-13-14-32-24-20-12-10-18(9-11-19(38-20)23(22(16)24)25(21)35-2)37-26(33)27(36-3,28(29,30)31)17-7-5-4-6-8-17/h4-8,11,15,18,20H,9-10,12-14H2,1-3H3/b19-11-/t18-,20+,27+/m0/s1. The molecule has 0 radical (unpaired) electrons. The van der Waals surface area contributed by atoms with E-state index in [1.807, 2.05) is 6.07 Å². The first-order valence-corrected chi connectivity index (χ1v) is 12.3. The van der Waals surface area contributed by atoms with Crippen molar-refractivity contribution in [3.05, 3.63) is 64.7 Å². The Labute approximate surface area is 218 Å². The molecule has 7 nitrogen and oxygen atoms in total. The molecule has 3 heterocycles. The summed E-state index contributed by atoms with van der Waals surface area (Å²) in [6.07, 6.45) is -3.03. The van der Waals surface area contributed by atoms with Crippen LogP contribution in [0.3, 0.4) is 0 Å². The monoisotopic (exact) mass is 531 g/mol. The van der Waals surface area contributed by atoms with E-state index >= 15 is 0 Å². The minimum atomic E-state index is -5.05. The first kappa shape index (κ1) is 26.1. The molecule has 0 N–H and O–H groups in total. The van der Waals surface area contributed by atoms with Gasteiger partial charge in [0, 0.05) is 31.2 Å². The van der Waals surface area contributed by atoms with Crippen LogP contribution < -0.4 is 9.47 Å². The molecule has 0 unspecified atom stereocenters. The number of alkyl halides is 3. The molecule has 0 saturated heterocycles. The first-order chi connectivity index (χ1) is 18.2. The van der Waals surface area contributed by atoms with E-state index in [1.165, 1.54) is 31.4 Å². The van der Waals surface area contributed by atoms with Gasteiger partial charge in [-0.1, -0.05) is 30.3 Å². The van der Waals surface area contributed by atoms with E-state index < -0.39 is 30.0 Å². The van der Waals surface area contributed by atoms with E-state index in [-0.39, 0.29) is 18.4 Å². The Kier molecular flexibility index (Phi) is 6.85. The maximum absolute atomic E-state index is 14.4. The van der Waals surface area contributed by atoms with Crippen molar-refractivity contribution in [1.29, 1.82) is 0 Å². The third-order valence-electron chi connectivity index (χ3n) is 7.26. The predicted octanol–water partition coefficient (Wildman–Crippen LogP) is 4.99. The van der Waals surface area contributed by atoms with Gasteiger partial charge in [-0.3, -0.25) is 4.99 Å². The van der Waals surface area contributed by atoms with Gasteiger partial charge >= 0.3 is 12.1 Å². The number of hydrogen-bond donors (Lipinski definition) is 0. The van der Waals surface area contributed by atoms with Crippen molar-refractivity contribution in [1.82, 2.24) is 0 Å². The zero-order chi connectivity index (χ0) is 27.1. The van der Waals surface area contributed by atoms with E-state index in [0.717, 1.165) is 30.4 Å². The summed E-state index contributed by atoms with van der Waals surface area (Å²) in [4.78, 5) is 18.0. The Balaban J connectivity index is 1.51. The number of aliphatic imine (C=N–C) groups is 1. The summed E-state index contributed by atoms with van der Waals surface area (Å²) in [6, 6.07) is 8.75. The summed E-state index contributed by atoms with van der Waals surface area (Å²) >= 11 is 0. The topological polar surface area (TPSA) is 75.6 Å². The fourth-order valence-electron chi connectivity index (χ4n) is 5.45. The number of ether oxygens (including phenoxy) is 5. The minimum absolute atomic E-state index is 0.141. The van der Waals surface area contributed by atoms with Gasteiger partial charge in [0.15, 0.2) is 11.5 Å². The molecule has 5 rings (SSSR count). The van der Waals surface area contributed by atoms with Crippen LogP contribution in [0.2, 0.25) is 0 Å². The molecule has 2 aromatic rings. The van der Waals surface area contributed by atoms with Crippen LogP contribution in [0.5, 0.6) is 11.5 Å². The minimum Gasteiger partial charge on any atom is -0.493 e.